The Morgan fingerprint density at radius 1 is 1.65 bits per heavy atom. The number of rotatable bonds is 2. The van der Waals surface area contributed by atoms with Gasteiger partial charge < -0.3 is 10.2 Å². The van der Waals surface area contributed by atoms with Gasteiger partial charge in [0, 0.05) is 18.5 Å². The Labute approximate surface area is 103 Å². The largest absolute Gasteiger partial charge is 0.332 e. The average Bonchev–Trinajstić information content (AvgIpc) is 2.86. The van der Waals surface area contributed by atoms with E-state index in [0.29, 0.717) is 12.8 Å². The highest BCUT2D eigenvalue weighted by Gasteiger charge is 2.35. The van der Waals surface area contributed by atoms with Crippen LogP contribution in [0.1, 0.15) is 23.3 Å². The third-order valence-electron chi connectivity index (χ3n) is 3.00. The van der Waals surface area contributed by atoms with Crippen LogP contribution in [0.3, 0.4) is 0 Å². The second kappa shape index (κ2) is 4.77. The van der Waals surface area contributed by atoms with Gasteiger partial charge in [-0.1, -0.05) is 4.49 Å². The summed E-state index contributed by atoms with van der Waals surface area (Å²) in [6.07, 6.45) is 1.28. The Bertz CT molecular complexity index is 430. The predicted octanol–water partition coefficient (Wildman–Crippen LogP) is 0.256. The Morgan fingerprint density at radius 2 is 2.35 bits per heavy atom. The second-order valence-corrected chi connectivity index (χ2v) is 4.85. The van der Waals surface area contributed by atoms with Crippen molar-refractivity contribution in [2.75, 3.05) is 20.1 Å². The Balaban J connectivity index is 2.06. The third-order valence-corrected chi connectivity index (χ3v) is 3.50. The van der Waals surface area contributed by atoms with Crippen LogP contribution in [0.15, 0.2) is 5.38 Å². The number of piperidine rings is 1. The molecule has 1 amide bonds. The lowest BCUT2D eigenvalue weighted by Crippen LogP contribution is -2.53. The van der Waals surface area contributed by atoms with Crippen molar-refractivity contribution in [3.63, 3.8) is 0 Å². The number of aromatic nitrogens is 2. The minimum atomic E-state index is -0.757. The smallest absolute Gasteiger partial charge is 0.273 e. The van der Waals surface area contributed by atoms with E-state index in [9.17, 15) is 10.1 Å². The van der Waals surface area contributed by atoms with E-state index in [0.717, 1.165) is 24.6 Å². The van der Waals surface area contributed by atoms with E-state index >= 15 is 0 Å². The van der Waals surface area contributed by atoms with Gasteiger partial charge >= 0.3 is 0 Å². The Kier molecular flexibility index (Phi) is 3.36. The highest BCUT2D eigenvalue weighted by Crippen LogP contribution is 2.21. The summed E-state index contributed by atoms with van der Waals surface area (Å²) < 4.78 is 3.64. The first-order valence-electron chi connectivity index (χ1n) is 5.35. The first kappa shape index (κ1) is 12.0. The van der Waals surface area contributed by atoms with Crippen LogP contribution in [-0.4, -0.2) is 46.1 Å². The minimum absolute atomic E-state index is 0.281. The Morgan fingerprint density at radius 3 is 2.88 bits per heavy atom. The molecule has 1 aromatic rings. The van der Waals surface area contributed by atoms with Crippen molar-refractivity contribution in [2.24, 2.45) is 0 Å². The summed E-state index contributed by atoms with van der Waals surface area (Å²) in [6, 6.07) is 2.23. The van der Waals surface area contributed by atoms with Crippen molar-refractivity contribution < 1.29 is 4.79 Å². The number of nitrogens with zero attached hydrogens (tertiary/aromatic N) is 4. The summed E-state index contributed by atoms with van der Waals surface area (Å²) in [4.78, 5) is 14.0. The maximum atomic E-state index is 11.8. The molecule has 1 fully saturated rings. The van der Waals surface area contributed by atoms with E-state index in [1.807, 2.05) is 7.05 Å². The maximum absolute atomic E-state index is 11.8. The molecule has 90 valence electrons. The normalized spacial score (nSPS) is 19.5. The molecule has 2 rings (SSSR count). The molecule has 0 spiro atoms. The van der Waals surface area contributed by atoms with E-state index in [-0.39, 0.29) is 11.6 Å². The summed E-state index contributed by atoms with van der Waals surface area (Å²) >= 11 is 1.12. The first-order valence-corrected chi connectivity index (χ1v) is 6.18. The van der Waals surface area contributed by atoms with Crippen molar-refractivity contribution >= 4 is 17.4 Å². The fourth-order valence-electron chi connectivity index (χ4n) is 1.81. The molecule has 0 bridgehead atoms. The fourth-order valence-corrected chi connectivity index (χ4v) is 2.25. The summed E-state index contributed by atoms with van der Waals surface area (Å²) in [5, 5.41) is 17.3. The molecule has 0 aliphatic carbocycles. The standard InChI is InChI=1S/C10H13N5OS/c1-15-4-2-10(7-11,3-5-15)12-9(16)8-6-17-14-13-8/h6H,2-5H2,1H3,(H,12,16). The zero-order valence-corrected chi connectivity index (χ0v) is 10.3. The maximum Gasteiger partial charge on any atom is 0.273 e. The van der Waals surface area contributed by atoms with Gasteiger partial charge in [0.15, 0.2) is 5.69 Å². The van der Waals surface area contributed by atoms with E-state index in [1.165, 1.54) is 0 Å². The van der Waals surface area contributed by atoms with E-state index < -0.39 is 5.54 Å². The van der Waals surface area contributed by atoms with Crippen LogP contribution in [0.4, 0.5) is 0 Å². The lowest BCUT2D eigenvalue weighted by atomic mass is 9.89. The fraction of sp³-hybridized carbons (Fsp3) is 0.600. The molecule has 1 saturated heterocycles. The number of hydrogen-bond acceptors (Lipinski definition) is 6. The van der Waals surface area contributed by atoms with Crippen LogP contribution in [0.2, 0.25) is 0 Å². The van der Waals surface area contributed by atoms with Gasteiger partial charge in [0.05, 0.1) is 6.07 Å². The minimum Gasteiger partial charge on any atom is -0.332 e. The highest BCUT2D eigenvalue weighted by atomic mass is 32.1. The van der Waals surface area contributed by atoms with Gasteiger partial charge in [-0.25, -0.2) is 0 Å². The molecule has 6 nitrogen and oxygen atoms in total. The SMILES string of the molecule is CN1CCC(C#N)(NC(=O)c2csnn2)CC1. The van der Waals surface area contributed by atoms with E-state index in [2.05, 4.69) is 25.9 Å². The Hall–Kier alpha value is -1.52. The van der Waals surface area contributed by atoms with Crippen molar-refractivity contribution in [3.05, 3.63) is 11.1 Å². The molecule has 1 aliphatic rings. The van der Waals surface area contributed by atoms with Crippen LogP contribution >= 0.6 is 11.5 Å². The van der Waals surface area contributed by atoms with Crippen LogP contribution in [0.5, 0.6) is 0 Å². The molecule has 0 aromatic carbocycles. The van der Waals surface area contributed by atoms with Crippen LogP contribution in [-0.2, 0) is 0 Å². The van der Waals surface area contributed by atoms with Crippen molar-refractivity contribution in [2.45, 2.75) is 18.4 Å². The van der Waals surface area contributed by atoms with Gasteiger partial charge in [-0.3, -0.25) is 4.79 Å². The summed E-state index contributed by atoms with van der Waals surface area (Å²) in [7, 11) is 2.01. The van der Waals surface area contributed by atoms with Crippen molar-refractivity contribution in [3.8, 4) is 6.07 Å². The van der Waals surface area contributed by atoms with Gasteiger partial charge in [0.2, 0.25) is 0 Å². The highest BCUT2D eigenvalue weighted by molar-refractivity contribution is 7.03. The molecule has 17 heavy (non-hydrogen) atoms. The lowest BCUT2D eigenvalue weighted by Gasteiger charge is -2.35. The second-order valence-electron chi connectivity index (χ2n) is 4.24. The first-order chi connectivity index (χ1) is 8.15. The zero-order valence-electron chi connectivity index (χ0n) is 9.51. The van der Waals surface area contributed by atoms with E-state index in [4.69, 9.17) is 0 Å². The number of hydrogen-bond donors (Lipinski definition) is 1. The quantitative estimate of drug-likeness (QED) is 0.815. The zero-order chi connectivity index (χ0) is 12.3. The number of carbonyl (C=O) groups is 1. The monoisotopic (exact) mass is 251 g/mol. The summed E-state index contributed by atoms with van der Waals surface area (Å²) in [5.74, 6) is -0.315. The van der Waals surface area contributed by atoms with E-state index in [1.54, 1.807) is 5.38 Å². The molecule has 0 radical (unpaired) electrons. The van der Waals surface area contributed by atoms with Gasteiger partial charge in [-0.2, -0.15) is 5.26 Å². The topological polar surface area (TPSA) is 81.9 Å². The van der Waals surface area contributed by atoms with Crippen LogP contribution in [0.25, 0.3) is 0 Å². The number of likely N-dealkylation sites (tertiary alicyclic amines) is 1. The number of nitriles is 1. The molecule has 1 aliphatic heterocycles. The molecular weight excluding hydrogens is 238 g/mol. The van der Waals surface area contributed by atoms with Crippen LogP contribution < -0.4 is 5.32 Å². The number of carbonyl (C=O) groups excluding carboxylic acids is 1. The number of amides is 1. The van der Waals surface area contributed by atoms with Gasteiger partial charge in [0.1, 0.15) is 5.54 Å². The molecule has 1 N–H and O–H groups in total. The molecule has 7 heteroatoms. The molecule has 0 unspecified atom stereocenters. The number of nitrogens with one attached hydrogen (secondary N) is 1. The summed E-state index contributed by atoms with van der Waals surface area (Å²) in [5.41, 5.74) is -0.476. The predicted molar refractivity (Wildman–Crippen MR) is 62.5 cm³/mol. The van der Waals surface area contributed by atoms with Crippen molar-refractivity contribution in [1.29, 1.82) is 5.26 Å². The molecular formula is C10H13N5OS. The molecule has 2 heterocycles. The third kappa shape index (κ3) is 2.60. The van der Waals surface area contributed by atoms with Gasteiger partial charge in [0.25, 0.3) is 5.91 Å². The van der Waals surface area contributed by atoms with Gasteiger partial charge in [-0.15, -0.1) is 5.10 Å². The molecule has 1 aromatic heterocycles. The average molecular weight is 251 g/mol. The van der Waals surface area contributed by atoms with Gasteiger partial charge in [-0.05, 0) is 31.4 Å². The molecule has 0 saturated carbocycles. The lowest BCUT2D eigenvalue weighted by molar-refractivity contribution is 0.0877. The molecule has 0 atom stereocenters. The summed E-state index contributed by atoms with van der Waals surface area (Å²) in [6.45, 7) is 1.62. The van der Waals surface area contributed by atoms with Crippen molar-refractivity contribution in [1.82, 2.24) is 19.8 Å². The van der Waals surface area contributed by atoms with Crippen LogP contribution in [0, 0.1) is 11.3 Å².